The number of ether oxygens (including phenoxy) is 1. The Kier molecular flexibility index (Phi) is 4.24. The number of hydrogen-bond donors (Lipinski definition) is 1. The third-order valence-corrected chi connectivity index (χ3v) is 5.75. The molecule has 4 rings (SSSR count). The molecular weight excluding hydrogens is 352 g/mol. The number of ketones is 1. The van der Waals surface area contributed by atoms with Crippen LogP contribution in [0.15, 0.2) is 30.3 Å². The Labute approximate surface area is 154 Å². The van der Waals surface area contributed by atoms with Gasteiger partial charge < -0.3 is 15.0 Å². The molecule has 0 unspecified atom stereocenters. The Morgan fingerprint density at radius 1 is 1.31 bits per heavy atom. The number of amides is 1. The highest BCUT2D eigenvalue weighted by atomic mass is 32.1. The first kappa shape index (κ1) is 16.8. The van der Waals surface area contributed by atoms with E-state index in [-0.39, 0.29) is 24.3 Å². The zero-order valence-corrected chi connectivity index (χ0v) is 15.1. The first-order valence-electron chi connectivity index (χ1n) is 8.51. The number of nitrogens with zero attached hydrogens (tertiary/aromatic N) is 1. The number of benzene rings is 1. The molecule has 1 N–H and O–H groups in total. The van der Waals surface area contributed by atoms with Gasteiger partial charge in [-0.1, -0.05) is 0 Å². The largest absolute Gasteiger partial charge is 0.454 e. The molecule has 26 heavy (non-hydrogen) atoms. The SMILES string of the molecule is Cc1ccc(C(=O)COC(=O)c2ccc3c(c2)NC(=O)[C@@H]2CCCN32)s1. The minimum absolute atomic E-state index is 0.0382. The Balaban J connectivity index is 1.46. The van der Waals surface area contributed by atoms with Crippen LogP contribution in [0.25, 0.3) is 0 Å². The van der Waals surface area contributed by atoms with Gasteiger partial charge in [-0.05, 0) is 50.1 Å². The molecule has 1 aromatic carbocycles. The van der Waals surface area contributed by atoms with Gasteiger partial charge in [-0.3, -0.25) is 9.59 Å². The molecule has 2 aromatic rings. The van der Waals surface area contributed by atoms with Crippen molar-refractivity contribution in [1.29, 1.82) is 0 Å². The van der Waals surface area contributed by atoms with Gasteiger partial charge in [0.25, 0.3) is 0 Å². The molecule has 6 nitrogen and oxygen atoms in total. The van der Waals surface area contributed by atoms with E-state index in [1.54, 1.807) is 18.2 Å². The Bertz CT molecular complexity index is 905. The maximum absolute atomic E-state index is 12.3. The van der Waals surface area contributed by atoms with Gasteiger partial charge in [0.05, 0.1) is 21.8 Å². The second-order valence-corrected chi connectivity index (χ2v) is 7.77. The van der Waals surface area contributed by atoms with E-state index in [4.69, 9.17) is 4.74 Å². The fraction of sp³-hybridized carbons (Fsp3) is 0.316. The van der Waals surface area contributed by atoms with Gasteiger partial charge in [0, 0.05) is 11.4 Å². The smallest absolute Gasteiger partial charge is 0.338 e. The first-order chi connectivity index (χ1) is 12.5. The monoisotopic (exact) mass is 370 g/mol. The van der Waals surface area contributed by atoms with Crippen molar-refractivity contribution in [3.05, 3.63) is 45.6 Å². The van der Waals surface area contributed by atoms with Gasteiger partial charge in [-0.2, -0.15) is 0 Å². The standard InChI is InChI=1S/C19H18N2O4S/c1-11-4-7-17(26-11)16(22)10-25-19(24)12-5-6-14-13(9-12)20-18(23)15-3-2-8-21(14)15/h4-7,9,15H,2-3,8,10H2,1H3,(H,20,23)/t15-/m0/s1. The van der Waals surface area contributed by atoms with Crippen LogP contribution in [0.1, 0.15) is 37.7 Å². The summed E-state index contributed by atoms with van der Waals surface area (Å²) >= 11 is 1.38. The van der Waals surface area contributed by atoms with Crippen LogP contribution in [0, 0.1) is 6.92 Å². The summed E-state index contributed by atoms with van der Waals surface area (Å²) in [5.41, 5.74) is 1.86. The molecule has 0 saturated carbocycles. The zero-order chi connectivity index (χ0) is 18.3. The number of fused-ring (bicyclic) bond motifs is 3. The van der Waals surface area contributed by atoms with Crippen molar-refractivity contribution < 1.29 is 19.1 Å². The van der Waals surface area contributed by atoms with Gasteiger partial charge in [0.15, 0.2) is 6.61 Å². The zero-order valence-electron chi connectivity index (χ0n) is 14.3. The quantitative estimate of drug-likeness (QED) is 0.661. The molecular formula is C19H18N2O4S. The highest BCUT2D eigenvalue weighted by Gasteiger charge is 2.36. The van der Waals surface area contributed by atoms with Crippen LogP contribution >= 0.6 is 11.3 Å². The van der Waals surface area contributed by atoms with Crippen LogP contribution in [0.5, 0.6) is 0 Å². The van der Waals surface area contributed by atoms with Gasteiger partial charge in [0.2, 0.25) is 11.7 Å². The number of rotatable bonds is 4. The molecule has 1 fully saturated rings. The molecule has 3 heterocycles. The summed E-state index contributed by atoms with van der Waals surface area (Å²) in [5.74, 6) is -0.835. The topological polar surface area (TPSA) is 75.7 Å². The predicted octanol–water partition coefficient (Wildman–Crippen LogP) is 3.02. The molecule has 1 saturated heterocycles. The summed E-state index contributed by atoms with van der Waals surface area (Å²) in [4.78, 5) is 40.2. The minimum atomic E-state index is -0.577. The summed E-state index contributed by atoms with van der Waals surface area (Å²) in [6.07, 6.45) is 1.82. The summed E-state index contributed by atoms with van der Waals surface area (Å²) in [6, 6.07) is 8.59. The number of carbonyl (C=O) groups is 3. The van der Waals surface area contributed by atoms with Crippen molar-refractivity contribution in [3.8, 4) is 0 Å². The van der Waals surface area contributed by atoms with Crippen LogP contribution in [-0.4, -0.2) is 36.9 Å². The number of hydrogen-bond acceptors (Lipinski definition) is 6. The number of thiophene rings is 1. The van der Waals surface area contributed by atoms with Crippen molar-refractivity contribution in [2.24, 2.45) is 0 Å². The lowest BCUT2D eigenvalue weighted by Gasteiger charge is -2.33. The normalized spacial score (nSPS) is 18.1. The number of nitrogens with one attached hydrogen (secondary N) is 1. The van der Waals surface area contributed by atoms with Gasteiger partial charge in [-0.15, -0.1) is 11.3 Å². The summed E-state index contributed by atoms with van der Waals surface area (Å²) in [7, 11) is 0. The maximum atomic E-state index is 12.3. The lowest BCUT2D eigenvalue weighted by molar-refractivity contribution is -0.117. The van der Waals surface area contributed by atoms with E-state index in [2.05, 4.69) is 10.2 Å². The summed E-state index contributed by atoms with van der Waals surface area (Å²) in [5, 5.41) is 2.87. The Morgan fingerprint density at radius 2 is 2.15 bits per heavy atom. The van der Waals surface area contributed by atoms with E-state index in [0.717, 1.165) is 30.0 Å². The maximum Gasteiger partial charge on any atom is 0.338 e. The van der Waals surface area contributed by atoms with Crippen LogP contribution in [0.4, 0.5) is 11.4 Å². The number of aryl methyl sites for hydroxylation is 1. The fourth-order valence-electron chi connectivity index (χ4n) is 3.43. The van der Waals surface area contributed by atoms with Crippen molar-refractivity contribution >= 4 is 40.4 Å². The van der Waals surface area contributed by atoms with E-state index in [1.807, 2.05) is 19.1 Å². The van der Waals surface area contributed by atoms with Gasteiger partial charge >= 0.3 is 5.97 Å². The molecule has 1 amide bonds. The van der Waals surface area contributed by atoms with E-state index >= 15 is 0 Å². The molecule has 2 aliphatic rings. The Morgan fingerprint density at radius 3 is 2.92 bits per heavy atom. The number of anilines is 2. The molecule has 0 spiro atoms. The van der Waals surface area contributed by atoms with E-state index in [9.17, 15) is 14.4 Å². The average molecular weight is 370 g/mol. The van der Waals surface area contributed by atoms with Crippen molar-refractivity contribution in [3.63, 3.8) is 0 Å². The third kappa shape index (κ3) is 2.99. The first-order valence-corrected chi connectivity index (χ1v) is 9.33. The fourth-order valence-corrected chi connectivity index (χ4v) is 4.22. The third-order valence-electron chi connectivity index (χ3n) is 4.70. The second kappa shape index (κ2) is 6.57. The molecule has 0 radical (unpaired) electrons. The summed E-state index contributed by atoms with van der Waals surface area (Å²) in [6.45, 7) is 2.46. The molecule has 1 aromatic heterocycles. The number of esters is 1. The van der Waals surface area contributed by atoms with E-state index < -0.39 is 5.97 Å². The molecule has 0 bridgehead atoms. The van der Waals surface area contributed by atoms with Gasteiger partial charge in [0.1, 0.15) is 6.04 Å². The molecule has 1 atom stereocenters. The second-order valence-electron chi connectivity index (χ2n) is 6.48. The Hall–Kier alpha value is -2.67. The van der Waals surface area contributed by atoms with E-state index in [1.165, 1.54) is 11.3 Å². The van der Waals surface area contributed by atoms with Crippen LogP contribution in [0.2, 0.25) is 0 Å². The lowest BCUT2D eigenvalue weighted by atomic mass is 10.1. The van der Waals surface area contributed by atoms with Crippen LogP contribution in [0.3, 0.4) is 0 Å². The van der Waals surface area contributed by atoms with Crippen molar-refractivity contribution in [1.82, 2.24) is 0 Å². The predicted molar refractivity (Wildman–Crippen MR) is 99.1 cm³/mol. The minimum Gasteiger partial charge on any atom is -0.454 e. The summed E-state index contributed by atoms with van der Waals surface area (Å²) < 4.78 is 5.15. The van der Waals surface area contributed by atoms with E-state index in [0.29, 0.717) is 16.1 Å². The lowest BCUT2D eigenvalue weighted by Crippen LogP contribution is -2.43. The molecule has 134 valence electrons. The number of Topliss-reactive ketones (excluding diaryl/α,β-unsaturated/α-hetero) is 1. The van der Waals surface area contributed by atoms with Crippen LogP contribution < -0.4 is 10.2 Å². The highest BCUT2D eigenvalue weighted by molar-refractivity contribution is 7.14. The molecule has 7 heteroatoms. The average Bonchev–Trinajstić information content (AvgIpc) is 3.28. The van der Waals surface area contributed by atoms with Crippen molar-refractivity contribution in [2.45, 2.75) is 25.8 Å². The van der Waals surface area contributed by atoms with Gasteiger partial charge in [-0.25, -0.2) is 4.79 Å². The molecule has 0 aliphatic carbocycles. The van der Waals surface area contributed by atoms with Crippen molar-refractivity contribution in [2.75, 3.05) is 23.4 Å². The molecule has 2 aliphatic heterocycles. The van der Waals surface area contributed by atoms with Crippen LogP contribution in [-0.2, 0) is 9.53 Å². The number of carbonyl (C=O) groups excluding carboxylic acids is 3. The highest BCUT2D eigenvalue weighted by Crippen LogP contribution is 2.37.